The van der Waals surface area contributed by atoms with Crippen molar-refractivity contribution in [3.63, 3.8) is 0 Å². The monoisotopic (exact) mass is 301 g/mol. The molecule has 0 atom stereocenters. The highest BCUT2D eigenvalue weighted by Gasteiger charge is 2.07. The Balaban J connectivity index is 2.19. The van der Waals surface area contributed by atoms with Gasteiger partial charge in [-0.25, -0.2) is 0 Å². The van der Waals surface area contributed by atoms with Crippen LogP contribution in [0.15, 0.2) is 29.3 Å². The summed E-state index contributed by atoms with van der Waals surface area (Å²) in [5, 5.41) is 5.48. The third-order valence-corrected chi connectivity index (χ3v) is 4.08. The first-order valence-corrected chi connectivity index (χ1v) is 7.62. The smallest absolute Gasteiger partial charge is 0.122 e. The second-order valence-corrected chi connectivity index (χ2v) is 5.56. The molecule has 0 aliphatic rings. The number of rotatable bonds is 4. The molecule has 0 radical (unpaired) electrons. The third kappa shape index (κ3) is 4.03. The van der Waals surface area contributed by atoms with Crippen LogP contribution in [0.3, 0.4) is 0 Å². The largest absolute Gasteiger partial charge is 0.496 e. The molecule has 0 bridgehead atoms. The van der Waals surface area contributed by atoms with Gasteiger partial charge in [0.25, 0.3) is 0 Å². The maximum absolute atomic E-state index is 5.42. The number of hydrogen-bond acceptors (Lipinski definition) is 4. The molecule has 1 heterocycles. The fourth-order valence-electron chi connectivity index (χ4n) is 2.00. The zero-order chi connectivity index (χ0) is 15.2. The Morgan fingerprint density at radius 3 is 2.81 bits per heavy atom. The maximum atomic E-state index is 5.42. The van der Waals surface area contributed by atoms with Crippen molar-refractivity contribution in [3.05, 3.63) is 41.1 Å². The highest BCUT2D eigenvalue weighted by molar-refractivity contribution is 7.98. The lowest BCUT2D eigenvalue weighted by Gasteiger charge is -2.09. The lowest BCUT2D eigenvalue weighted by Crippen LogP contribution is -1.95. The first-order chi connectivity index (χ1) is 10.1. The number of thioether (sulfide) groups is 1. The summed E-state index contributed by atoms with van der Waals surface area (Å²) in [6, 6.07) is 8.03. The van der Waals surface area contributed by atoms with E-state index < -0.39 is 0 Å². The fourth-order valence-corrected chi connectivity index (χ4v) is 3.01. The van der Waals surface area contributed by atoms with Crippen LogP contribution < -0.4 is 10.5 Å². The lowest BCUT2D eigenvalue weighted by molar-refractivity contribution is 0.411. The molecule has 0 fully saturated rings. The van der Waals surface area contributed by atoms with Gasteiger partial charge in [0, 0.05) is 23.9 Å². The molecule has 0 spiro atoms. The average Bonchev–Trinajstić information content (AvgIpc) is 2.81. The zero-order valence-electron chi connectivity index (χ0n) is 12.5. The predicted molar refractivity (Wildman–Crippen MR) is 86.4 cm³/mol. The first kappa shape index (κ1) is 15.5. The summed E-state index contributed by atoms with van der Waals surface area (Å²) in [6.45, 7) is 2.36. The average molecular weight is 301 g/mol. The molecule has 5 heteroatoms. The Kier molecular flexibility index (Phi) is 5.32. The summed E-state index contributed by atoms with van der Waals surface area (Å²) < 4.78 is 7.31. The standard InChI is InChI=1S/C16H19N3OS/c1-12-9-16(19(2)18-12)21-11-14-10-13(5-4-8-17)6-7-15(14)20-3/h6-7,9-10H,8,11,17H2,1-3H3. The van der Waals surface area contributed by atoms with Crippen LogP contribution in [0.5, 0.6) is 5.75 Å². The van der Waals surface area contributed by atoms with Crippen LogP contribution in [-0.4, -0.2) is 23.4 Å². The van der Waals surface area contributed by atoms with Crippen LogP contribution in [0.1, 0.15) is 16.8 Å². The van der Waals surface area contributed by atoms with Crippen molar-refractivity contribution in [1.82, 2.24) is 9.78 Å². The topological polar surface area (TPSA) is 53.1 Å². The first-order valence-electron chi connectivity index (χ1n) is 6.63. The van der Waals surface area contributed by atoms with Gasteiger partial charge in [-0.3, -0.25) is 4.68 Å². The van der Waals surface area contributed by atoms with E-state index in [0.29, 0.717) is 6.54 Å². The Morgan fingerprint density at radius 1 is 1.38 bits per heavy atom. The highest BCUT2D eigenvalue weighted by atomic mass is 32.2. The maximum Gasteiger partial charge on any atom is 0.122 e. The molecule has 0 aliphatic carbocycles. The number of aryl methyl sites for hydroxylation is 2. The third-order valence-electron chi connectivity index (χ3n) is 2.95. The van der Waals surface area contributed by atoms with E-state index in [-0.39, 0.29) is 0 Å². The van der Waals surface area contributed by atoms with Gasteiger partial charge in [0.2, 0.25) is 0 Å². The number of ether oxygens (including phenoxy) is 1. The minimum atomic E-state index is 0.365. The zero-order valence-corrected chi connectivity index (χ0v) is 13.3. The number of hydrogen-bond donors (Lipinski definition) is 1. The highest BCUT2D eigenvalue weighted by Crippen LogP contribution is 2.28. The van der Waals surface area contributed by atoms with Crippen LogP contribution in [0.4, 0.5) is 0 Å². The van der Waals surface area contributed by atoms with Gasteiger partial charge in [-0.1, -0.05) is 11.8 Å². The number of nitrogens with two attached hydrogens (primary N) is 1. The van der Waals surface area contributed by atoms with E-state index in [9.17, 15) is 0 Å². The second kappa shape index (κ2) is 7.21. The molecular weight excluding hydrogens is 282 g/mol. The van der Waals surface area contributed by atoms with Gasteiger partial charge in [-0.15, -0.1) is 11.8 Å². The number of aromatic nitrogens is 2. The van der Waals surface area contributed by atoms with Crippen molar-refractivity contribution in [2.24, 2.45) is 12.8 Å². The Morgan fingerprint density at radius 2 is 2.19 bits per heavy atom. The molecule has 0 amide bonds. The Labute approximate surface area is 129 Å². The number of nitrogens with zero attached hydrogens (tertiary/aromatic N) is 2. The normalized spacial score (nSPS) is 10.1. The summed E-state index contributed by atoms with van der Waals surface area (Å²) in [6.07, 6.45) is 0. The van der Waals surface area contributed by atoms with Gasteiger partial charge >= 0.3 is 0 Å². The summed E-state index contributed by atoms with van der Waals surface area (Å²) in [5.41, 5.74) is 8.51. The van der Waals surface area contributed by atoms with E-state index >= 15 is 0 Å². The van der Waals surface area contributed by atoms with Crippen molar-refractivity contribution in [2.45, 2.75) is 17.7 Å². The van der Waals surface area contributed by atoms with Crippen LogP contribution in [0, 0.1) is 18.8 Å². The molecule has 2 aromatic rings. The molecular formula is C16H19N3OS. The van der Waals surface area contributed by atoms with Gasteiger partial charge < -0.3 is 10.5 Å². The molecule has 2 N–H and O–H groups in total. The van der Waals surface area contributed by atoms with E-state index in [1.807, 2.05) is 30.8 Å². The molecule has 1 aromatic heterocycles. The van der Waals surface area contributed by atoms with E-state index in [2.05, 4.69) is 29.1 Å². The Bertz CT molecular complexity index is 683. The molecule has 110 valence electrons. The molecule has 4 nitrogen and oxygen atoms in total. The van der Waals surface area contributed by atoms with E-state index in [4.69, 9.17) is 10.5 Å². The molecule has 2 rings (SSSR count). The predicted octanol–water partition coefficient (Wildman–Crippen LogP) is 2.34. The van der Waals surface area contributed by atoms with E-state index in [1.54, 1.807) is 18.9 Å². The van der Waals surface area contributed by atoms with Gasteiger partial charge in [0.15, 0.2) is 0 Å². The van der Waals surface area contributed by atoms with Crippen LogP contribution in [0.25, 0.3) is 0 Å². The van der Waals surface area contributed by atoms with E-state index in [1.165, 1.54) is 0 Å². The van der Waals surface area contributed by atoms with Crippen molar-refractivity contribution >= 4 is 11.8 Å². The molecule has 1 aromatic carbocycles. The van der Waals surface area contributed by atoms with Gasteiger partial charge in [-0.05, 0) is 31.2 Å². The number of methoxy groups -OCH3 is 1. The van der Waals surface area contributed by atoms with Crippen molar-refractivity contribution < 1.29 is 4.74 Å². The summed E-state index contributed by atoms with van der Waals surface area (Å²) >= 11 is 1.73. The van der Waals surface area contributed by atoms with Gasteiger partial charge in [-0.2, -0.15) is 5.10 Å². The molecule has 0 unspecified atom stereocenters. The minimum Gasteiger partial charge on any atom is -0.496 e. The molecule has 0 saturated carbocycles. The summed E-state index contributed by atoms with van der Waals surface area (Å²) in [5.74, 6) is 7.60. The lowest BCUT2D eigenvalue weighted by atomic mass is 10.1. The van der Waals surface area contributed by atoms with Crippen LogP contribution in [0.2, 0.25) is 0 Å². The summed E-state index contributed by atoms with van der Waals surface area (Å²) in [4.78, 5) is 0. The molecule has 0 saturated heterocycles. The fraction of sp³-hybridized carbons (Fsp3) is 0.312. The van der Waals surface area contributed by atoms with Gasteiger partial charge in [0.05, 0.1) is 24.4 Å². The SMILES string of the molecule is COc1ccc(C#CCN)cc1CSc1cc(C)nn1C. The van der Waals surface area contributed by atoms with Crippen molar-refractivity contribution in [1.29, 1.82) is 0 Å². The summed E-state index contributed by atoms with van der Waals surface area (Å²) in [7, 11) is 3.64. The molecule has 0 aliphatic heterocycles. The minimum absolute atomic E-state index is 0.365. The van der Waals surface area contributed by atoms with Crippen molar-refractivity contribution in [2.75, 3.05) is 13.7 Å². The Hall–Kier alpha value is -1.90. The molecule has 21 heavy (non-hydrogen) atoms. The van der Waals surface area contributed by atoms with Crippen LogP contribution in [-0.2, 0) is 12.8 Å². The second-order valence-electron chi connectivity index (χ2n) is 4.57. The quantitative estimate of drug-likeness (QED) is 0.695. The van der Waals surface area contributed by atoms with E-state index in [0.717, 1.165) is 33.3 Å². The van der Waals surface area contributed by atoms with Gasteiger partial charge in [0.1, 0.15) is 5.75 Å². The van der Waals surface area contributed by atoms with Crippen LogP contribution >= 0.6 is 11.8 Å². The number of benzene rings is 1. The van der Waals surface area contributed by atoms with Crippen molar-refractivity contribution in [3.8, 4) is 17.6 Å².